The Morgan fingerprint density at radius 3 is 2.08 bits per heavy atom. The number of halogens is 2. The van der Waals surface area contributed by atoms with E-state index in [2.05, 4.69) is 66.6 Å². The van der Waals surface area contributed by atoms with E-state index in [1.807, 2.05) is 0 Å². The van der Waals surface area contributed by atoms with Crippen LogP contribution in [0.4, 0.5) is 0 Å². The predicted octanol–water partition coefficient (Wildman–Crippen LogP) is 7.69. The Labute approximate surface area is 253 Å². The molecule has 2 aromatic rings. The van der Waals surface area contributed by atoms with Crippen LogP contribution in [0.5, 0.6) is 0 Å². The van der Waals surface area contributed by atoms with Crippen LogP contribution in [0, 0.1) is 6.92 Å². The minimum absolute atomic E-state index is 0.220. The predicted molar refractivity (Wildman–Crippen MR) is 159 cm³/mol. The molecule has 215 valence electrons. The van der Waals surface area contributed by atoms with Crippen LogP contribution in [0.25, 0.3) is 0 Å². The van der Waals surface area contributed by atoms with Gasteiger partial charge in [0.25, 0.3) is 0 Å². The van der Waals surface area contributed by atoms with Gasteiger partial charge in [-0.1, -0.05) is 70.4 Å². The summed E-state index contributed by atoms with van der Waals surface area (Å²) in [6.45, 7) is 6.04. The first kappa shape index (κ1) is 33.7. The molecule has 0 spiro atoms. The number of hydrogen-bond acceptors (Lipinski definition) is 10. The van der Waals surface area contributed by atoms with Crippen LogP contribution in [0.2, 0.25) is 0 Å². The van der Waals surface area contributed by atoms with Crippen LogP contribution in [0.15, 0.2) is 13.1 Å². The number of rotatable bonds is 7. The van der Waals surface area contributed by atoms with Crippen molar-refractivity contribution in [3.8, 4) is 0 Å². The van der Waals surface area contributed by atoms with Crippen molar-refractivity contribution in [1.82, 2.24) is 9.97 Å². The molecule has 0 bridgehead atoms. The van der Waals surface area contributed by atoms with E-state index >= 15 is 0 Å². The third-order valence-electron chi connectivity index (χ3n) is 6.54. The summed E-state index contributed by atoms with van der Waals surface area (Å²) in [5.41, 5.74) is 1.25. The number of esters is 2. The second-order valence-electron chi connectivity index (χ2n) is 9.31. The number of nitrogens with zero attached hydrogens (tertiary/aromatic N) is 3. The molecule has 9 nitrogen and oxygen atoms in total. The summed E-state index contributed by atoms with van der Waals surface area (Å²) in [4.78, 5) is 32.3. The van der Waals surface area contributed by atoms with E-state index in [-0.39, 0.29) is 15.8 Å². The van der Waals surface area contributed by atoms with Crippen LogP contribution < -0.4 is 0 Å². The van der Waals surface area contributed by atoms with E-state index in [1.165, 1.54) is 25.7 Å². The molecule has 0 atom stereocenters. The van der Waals surface area contributed by atoms with E-state index < -0.39 is 11.9 Å². The van der Waals surface area contributed by atoms with Crippen LogP contribution in [-0.4, -0.2) is 42.8 Å². The maximum atomic E-state index is 11.8. The number of oxazole rings is 2. The monoisotopic (exact) mass is 688 g/mol. The van der Waals surface area contributed by atoms with Crippen LogP contribution in [0.3, 0.4) is 0 Å². The summed E-state index contributed by atoms with van der Waals surface area (Å²) in [5.74, 6) is 1.34. The molecular weight excluding hydrogens is 653 g/mol. The van der Waals surface area contributed by atoms with Crippen LogP contribution in [0.1, 0.15) is 128 Å². The third kappa shape index (κ3) is 9.84. The number of alkyl halides is 2. The van der Waals surface area contributed by atoms with Crippen molar-refractivity contribution < 1.29 is 27.9 Å². The fraction of sp³-hybridized carbons (Fsp3) is 0.692. The Bertz CT molecular complexity index is 1070. The number of ether oxygens (including phenoxy) is 2. The van der Waals surface area contributed by atoms with Gasteiger partial charge in [-0.25, -0.2) is 19.6 Å². The number of aromatic nitrogens is 2. The van der Waals surface area contributed by atoms with Crippen LogP contribution in [-0.2, 0) is 19.1 Å². The molecule has 0 aliphatic heterocycles. The Morgan fingerprint density at radius 1 is 1.00 bits per heavy atom. The van der Waals surface area contributed by atoms with Gasteiger partial charge in [0.1, 0.15) is 10.0 Å². The van der Waals surface area contributed by atoms with Gasteiger partial charge in [-0.15, -0.1) is 0 Å². The maximum absolute atomic E-state index is 11.8. The van der Waals surface area contributed by atoms with Gasteiger partial charge < -0.3 is 18.3 Å². The van der Waals surface area contributed by atoms with Crippen molar-refractivity contribution in [3.05, 3.63) is 34.7 Å². The zero-order valence-electron chi connectivity index (χ0n) is 22.8. The van der Waals surface area contributed by atoms with Crippen molar-refractivity contribution in [2.45, 2.75) is 101 Å². The SMILES string of the molecule is CCOC(=O)c1oc(C2(Br)CCCCC2)nc1CBr.CCOC(=O)c1oc(C2CCCCC2)nc1C.[B]=NS. The van der Waals surface area contributed by atoms with E-state index in [9.17, 15) is 9.59 Å². The Hall–Kier alpha value is -1.47. The molecular formula is C26H37BBr2N3O6S. The van der Waals surface area contributed by atoms with Crippen LogP contribution >= 0.6 is 44.7 Å². The molecule has 1 radical (unpaired) electrons. The summed E-state index contributed by atoms with van der Waals surface area (Å²) in [5, 5.41) is 0.480. The van der Waals surface area contributed by atoms with Gasteiger partial charge in [0.2, 0.25) is 17.4 Å². The molecule has 0 aromatic carbocycles. The fourth-order valence-electron chi connectivity index (χ4n) is 4.64. The number of thiol groups is 1. The Balaban J connectivity index is 0.000000250. The van der Waals surface area contributed by atoms with E-state index in [0.717, 1.165) is 38.5 Å². The summed E-state index contributed by atoms with van der Waals surface area (Å²) in [6, 6.07) is 0. The molecule has 39 heavy (non-hydrogen) atoms. The topological polar surface area (TPSA) is 117 Å². The Kier molecular flexibility index (Phi) is 15.0. The number of carbonyl (C=O) groups excluding carboxylic acids is 2. The standard InChI is InChI=1S/C13H17Br2NO3.C13H19NO3.BHNS/c1-2-18-11(17)10-9(8-14)16-12(19-10)13(15)6-4-3-5-7-13;1-3-16-13(15)11-9(2)14-12(17-11)10-7-5-4-6-8-10;1-2-3/h2-8H2,1H3;10H,3-8H2,1-2H3;3H. The average Bonchev–Trinajstić information content (AvgIpc) is 3.55. The molecule has 2 saturated carbocycles. The van der Waals surface area contributed by atoms with Gasteiger partial charge in [0.05, 0.1) is 18.9 Å². The molecule has 0 saturated heterocycles. The molecule has 4 rings (SSSR count). The van der Waals surface area contributed by atoms with Crippen molar-refractivity contribution in [2.24, 2.45) is 4.30 Å². The summed E-state index contributed by atoms with van der Waals surface area (Å²) in [6.07, 6.45) is 11.5. The summed E-state index contributed by atoms with van der Waals surface area (Å²) in [7, 11) is 4.34. The van der Waals surface area contributed by atoms with Crippen molar-refractivity contribution in [1.29, 1.82) is 0 Å². The van der Waals surface area contributed by atoms with Crippen molar-refractivity contribution in [3.63, 3.8) is 0 Å². The molecule has 2 fully saturated rings. The van der Waals surface area contributed by atoms with Gasteiger partial charge in [0.15, 0.2) is 5.89 Å². The fourth-order valence-corrected chi connectivity index (χ4v) is 5.75. The quantitative estimate of drug-likeness (QED) is 0.136. The first-order chi connectivity index (χ1) is 18.7. The molecule has 2 heterocycles. The van der Waals surface area contributed by atoms with Gasteiger partial charge in [-0.05, 0) is 46.5 Å². The average molecular weight is 690 g/mol. The minimum atomic E-state index is -0.442. The number of carbonyl (C=O) groups is 2. The molecule has 13 heteroatoms. The van der Waals surface area contributed by atoms with Gasteiger partial charge in [-0.2, -0.15) is 0 Å². The second-order valence-corrected chi connectivity index (χ2v) is 11.6. The molecule has 2 aliphatic carbocycles. The zero-order chi connectivity index (χ0) is 28.8. The van der Waals surface area contributed by atoms with E-state index in [1.54, 1.807) is 20.8 Å². The van der Waals surface area contributed by atoms with Crippen molar-refractivity contribution in [2.75, 3.05) is 13.2 Å². The van der Waals surface area contributed by atoms with Crippen molar-refractivity contribution >= 4 is 64.3 Å². The van der Waals surface area contributed by atoms with Gasteiger partial charge in [0, 0.05) is 11.2 Å². The first-order valence-electron chi connectivity index (χ1n) is 13.3. The molecule has 2 aliphatic rings. The van der Waals surface area contributed by atoms with Gasteiger partial charge >= 0.3 is 36.7 Å². The van der Waals surface area contributed by atoms with E-state index in [4.69, 9.17) is 18.3 Å². The van der Waals surface area contributed by atoms with Gasteiger partial charge in [-0.3, -0.25) is 0 Å². The van der Waals surface area contributed by atoms with E-state index in [0.29, 0.717) is 47.6 Å². The molecule has 0 amide bonds. The zero-order valence-corrected chi connectivity index (χ0v) is 26.9. The number of hydrogen-bond donors (Lipinski definition) is 1. The summed E-state index contributed by atoms with van der Waals surface area (Å²) < 4.78 is 23.7. The normalized spacial score (nSPS) is 16.6. The molecule has 0 N–H and O–H groups in total. The third-order valence-corrected chi connectivity index (χ3v) is 8.21. The summed E-state index contributed by atoms with van der Waals surface area (Å²) >= 11 is 10.3. The second kappa shape index (κ2) is 17.4. The molecule has 0 unspecified atom stereocenters. The number of aryl methyl sites for hydroxylation is 1. The molecule has 2 aromatic heterocycles. The Morgan fingerprint density at radius 2 is 1.54 bits per heavy atom. The first-order valence-corrected chi connectivity index (χ1v) is 15.7.